The van der Waals surface area contributed by atoms with Crippen LogP contribution in [0.25, 0.3) is 11.0 Å². The van der Waals surface area contributed by atoms with E-state index >= 15 is 0 Å². The Hall–Kier alpha value is -2.14. The summed E-state index contributed by atoms with van der Waals surface area (Å²) in [6.45, 7) is 5.77. The van der Waals surface area contributed by atoms with E-state index in [0.717, 1.165) is 17.4 Å². The van der Waals surface area contributed by atoms with Crippen molar-refractivity contribution in [1.29, 1.82) is 0 Å². The Kier molecular flexibility index (Phi) is 4.43. The number of hydrogen-bond donors (Lipinski definition) is 2. The summed E-state index contributed by atoms with van der Waals surface area (Å²) in [7, 11) is 0. The highest BCUT2D eigenvalue weighted by Gasteiger charge is 2.19. The first-order chi connectivity index (χ1) is 9.92. The Morgan fingerprint density at radius 2 is 2.10 bits per heavy atom. The van der Waals surface area contributed by atoms with Crippen LogP contribution in [0.2, 0.25) is 0 Å². The molecule has 2 atom stereocenters. The van der Waals surface area contributed by atoms with E-state index in [0.29, 0.717) is 11.3 Å². The van der Waals surface area contributed by atoms with E-state index in [9.17, 15) is 9.59 Å². The molecule has 5 heteroatoms. The third kappa shape index (κ3) is 3.31. The molecule has 0 aliphatic rings. The maximum Gasteiger partial charge on any atom is 0.336 e. The number of aryl methyl sites for hydroxylation is 1. The summed E-state index contributed by atoms with van der Waals surface area (Å²) in [6, 6.07) is 6.12. The smallest absolute Gasteiger partial charge is 0.336 e. The average molecular weight is 288 g/mol. The highest BCUT2D eigenvalue weighted by molar-refractivity contribution is 5.96. The lowest BCUT2D eigenvalue weighted by Gasteiger charge is -2.17. The van der Waals surface area contributed by atoms with Crippen LogP contribution in [0.5, 0.6) is 0 Å². The largest absolute Gasteiger partial charge is 0.423 e. The highest BCUT2D eigenvalue weighted by atomic mass is 16.4. The van der Waals surface area contributed by atoms with E-state index in [-0.39, 0.29) is 11.8 Å². The predicted octanol–water partition coefficient (Wildman–Crippen LogP) is 2.41. The van der Waals surface area contributed by atoms with Crippen LogP contribution in [0.3, 0.4) is 0 Å². The van der Waals surface area contributed by atoms with Crippen molar-refractivity contribution in [2.24, 2.45) is 11.7 Å². The molecule has 0 saturated heterocycles. The third-order valence-corrected chi connectivity index (χ3v) is 3.78. The molecular weight excluding hydrogens is 268 g/mol. The molecule has 1 amide bonds. The Balaban J connectivity index is 2.28. The number of carbonyl (C=O) groups excluding carboxylic acids is 1. The second-order valence-corrected chi connectivity index (χ2v) is 5.36. The number of anilines is 1. The summed E-state index contributed by atoms with van der Waals surface area (Å²) in [5.74, 6) is -0.135. The van der Waals surface area contributed by atoms with E-state index in [1.807, 2.05) is 26.8 Å². The number of nitrogens with one attached hydrogen (secondary N) is 1. The van der Waals surface area contributed by atoms with Gasteiger partial charge in [-0.1, -0.05) is 20.3 Å². The van der Waals surface area contributed by atoms with Crippen LogP contribution in [0.15, 0.2) is 33.5 Å². The molecule has 1 aromatic carbocycles. The zero-order valence-electron chi connectivity index (χ0n) is 12.5. The second kappa shape index (κ2) is 6.10. The number of hydrogen-bond acceptors (Lipinski definition) is 4. The zero-order chi connectivity index (χ0) is 15.6. The van der Waals surface area contributed by atoms with E-state index in [4.69, 9.17) is 10.2 Å². The Labute approximate surface area is 123 Å². The van der Waals surface area contributed by atoms with Gasteiger partial charge in [0.25, 0.3) is 0 Å². The highest BCUT2D eigenvalue weighted by Crippen LogP contribution is 2.21. The molecule has 0 bridgehead atoms. The summed E-state index contributed by atoms with van der Waals surface area (Å²) in [5.41, 5.74) is 7.36. The molecule has 2 aromatic rings. The molecule has 0 aliphatic heterocycles. The zero-order valence-corrected chi connectivity index (χ0v) is 12.5. The summed E-state index contributed by atoms with van der Waals surface area (Å²) < 4.78 is 5.16. The van der Waals surface area contributed by atoms with Crippen LogP contribution in [-0.4, -0.2) is 11.9 Å². The predicted molar refractivity (Wildman–Crippen MR) is 83.3 cm³/mol. The van der Waals surface area contributed by atoms with Gasteiger partial charge < -0.3 is 15.5 Å². The quantitative estimate of drug-likeness (QED) is 0.846. The standard InChI is InChI=1S/C16H20N2O3/c1-4-9(2)15(17)16(20)18-11-5-6-12-10(3)7-14(19)21-13(12)8-11/h5-9,15H,4,17H2,1-3H3,(H,18,20)/t9-,15+/m1/s1. The van der Waals surface area contributed by atoms with E-state index in [2.05, 4.69) is 5.32 Å². The lowest BCUT2D eigenvalue weighted by atomic mass is 9.99. The van der Waals surface area contributed by atoms with Crippen LogP contribution in [0.4, 0.5) is 5.69 Å². The minimum absolute atomic E-state index is 0.102. The fourth-order valence-electron chi connectivity index (χ4n) is 2.14. The molecule has 0 aliphatic carbocycles. The van der Waals surface area contributed by atoms with Gasteiger partial charge in [0.05, 0.1) is 6.04 Å². The minimum Gasteiger partial charge on any atom is -0.423 e. The Morgan fingerprint density at radius 1 is 1.38 bits per heavy atom. The molecule has 1 aromatic heterocycles. The van der Waals surface area contributed by atoms with Gasteiger partial charge in [-0.05, 0) is 30.5 Å². The molecule has 3 N–H and O–H groups in total. The van der Waals surface area contributed by atoms with Crippen LogP contribution < -0.4 is 16.7 Å². The molecule has 5 nitrogen and oxygen atoms in total. The fraction of sp³-hybridized carbons (Fsp3) is 0.375. The normalized spacial score (nSPS) is 13.9. The molecular formula is C16H20N2O3. The Bertz CT molecular complexity index is 721. The van der Waals surface area contributed by atoms with E-state index < -0.39 is 11.7 Å². The Morgan fingerprint density at radius 3 is 2.76 bits per heavy atom. The van der Waals surface area contributed by atoms with Gasteiger partial charge in [0.2, 0.25) is 5.91 Å². The van der Waals surface area contributed by atoms with Crippen molar-refractivity contribution >= 4 is 22.6 Å². The summed E-state index contributed by atoms with van der Waals surface area (Å²) in [5, 5.41) is 3.61. The van der Waals surface area contributed by atoms with Crippen molar-refractivity contribution in [3.05, 3.63) is 40.2 Å². The first kappa shape index (κ1) is 15.3. The SMILES string of the molecule is CC[C@@H](C)[C@H](N)C(=O)Nc1ccc2c(C)cc(=O)oc2c1. The third-order valence-electron chi connectivity index (χ3n) is 3.78. The molecule has 1 heterocycles. The van der Waals surface area contributed by atoms with E-state index in [1.54, 1.807) is 12.1 Å². The van der Waals surface area contributed by atoms with Gasteiger partial charge >= 0.3 is 5.63 Å². The number of fused-ring (bicyclic) bond motifs is 1. The number of amides is 1. The maximum absolute atomic E-state index is 12.1. The van der Waals surface area contributed by atoms with Gasteiger partial charge in [-0.25, -0.2) is 4.79 Å². The molecule has 21 heavy (non-hydrogen) atoms. The summed E-state index contributed by atoms with van der Waals surface area (Å²) in [4.78, 5) is 23.5. The molecule has 2 rings (SSSR count). The van der Waals surface area contributed by atoms with Crippen LogP contribution in [0.1, 0.15) is 25.8 Å². The number of rotatable bonds is 4. The van der Waals surface area contributed by atoms with Crippen molar-refractivity contribution in [2.75, 3.05) is 5.32 Å². The van der Waals surface area contributed by atoms with Gasteiger partial charge in [0, 0.05) is 23.2 Å². The topological polar surface area (TPSA) is 85.3 Å². The monoisotopic (exact) mass is 288 g/mol. The van der Waals surface area contributed by atoms with Crippen molar-refractivity contribution < 1.29 is 9.21 Å². The van der Waals surface area contributed by atoms with Crippen molar-refractivity contribution in [3.8, 4) is 0 Å². The number of benzene rings is 1. The van der Waals surface area contributed by atoms with Gasteiger partial charge in [-0.2, -0.15) is 0 Å². The first-order valence-electron chi connectivity index (χ1n) is 7.03. The molecule has 112 valence electrons. The molecule has 0 spiro atoms. The number of carbonyl (C=O) groups is 1. The summed E-state index contributed by atoms with van der Waals surface area (Å²) in [6.07, 6.45) is 0.834. The van der Waals surface area contributed by atoms with Gasteiger partial charge in [-0.15, -0.1) is 0 Å². The molecule has 0 fully saturated rings. The van der Waals surface area contributed by atoms with Crippen molar-refractivity contribution in [1.82, 2.24) is 0 Å². The van der Waals surface area contributed by atoms with Crippen molar-refractivity contribution in [2.45, 2.75) is 33.2 Å². The van der Waals surface area contributed by atoms with Crippen molar-refractivity contribution in [3.63, 3.8) is 0 Å². The van der Waals surface area contributed by atoms with Crippen LogP contribution in [-0.2, 0) is 4.79 Å². The molecule has 0 radical (unpaired) electrons. The second-order valence-electron chi connectivity index (χ2n) is 5.36. The molecule has 0 saturated carbocycles. The lowest BCUT2D eigenvalue weighted by Crippen LogP contribution is -2.40. The first-order valence-corrected chi connectivity index (χ1v) is 7.03. The number of nitrogens with two attached hydrogens (primary N) is 1. The van der Waals surface area contributed by atoms with Gasteiger partial charge in [0.1, 0.15) is 5.58 Å². The van der Waals surface area contributed by atoms with Crippen LogP contribution >= 0.6 is 0 Å². The van der Waals surface area contributed by atoms with E-state index in [1.165, 1.54) is 6.07 Å². The lowest BCUT2D eigenvalue weighted by molar-refractivity contribution is -0.118. The molecule has 0 unspecified atom stereocenters. The maximum atomic E-state index is 12.1. The summed E-state index contributed by atoms with van der Waals surface area (Å²) >= 11 is 0. The van der Waals surface area contributed by atoms with Gasteiger partial charge in [0.15, 0.2) is 0 Å². The minimum atomic E-state index is -0.560. The van der Waals surface area contributed by atoms with Gasteiger partial charge in [-0.3, -0.25) is 4.79 Å². The average Bonchev–Trinajstić information content (AvgIpc) is 2.44. The van der Waals surface area contributed by atoms with Crippen LogP contribution in [0, 0.1) is 12.8 Å². The fourth-order valence-corrected chi connectivity index (χ4v) is 2.14.